The highest BCUT2D eigenvalue weighted by molar-refractivity contribution is 7.92. The third-order valence-electron chi connectivity index (χ3n) is 2.83. The molecule has 112 valence electrons. The Morgan fingerprint density at radius 2 is 1.75 bits per heavy atom. The van der Waals surface area contributed by atoms with Crippen molar-refractivity contribution in [3.63, 3.8) is 0 Å². The fourth-order valence-corrected chi connectivity index (χ4v) is 2.37. The molecular weight excluding hydrogens is 280 g/mol. The Bertz CT molecular complexity index is 552. The van der Waals surface area contributed by atoms with Gasteiger partial charge in [-0.3, -0.25) is 4.79 Å². The molecule has 20 heavy (non-hydrogen) atoms. The van der Waals surface area contributed by atoms with Crippen molar-refractivity contribution in [2.24, 2.45) is 0 Å². The number of benzene rings is 1. The van der Waals surface area contributed by atoms with Crippen LogP contribution in [0.25, 0.3) is 0 Å². The van der Waals surface area contributed by atoms with E-state index in [1.165, 1.54) is 0 Å². The minimum atomic E-state index is -3.19. The van der Waals surface area contributed by atoms with E-state index in [9.17, 15) is 13.2 Å². The van der Waals surface area contributed by atoms with Crippen LogP contribution in [0, 0.1) is 0 Å². The normalized spacial score (nSPS) is 12.2. The molecular formula is C14H20O5S. The van der Waals surface area contributed by atoms with Gasteiger partial charge < -0.3 is 9.84 Å². The van der Waals surface area contributed by atoms with Gasteiger partial charge in [0.05, 0.1) is 16.9 Å². The number of carbonyl (C=O) groups is 1. The summed E-state index contributed by atoms with van der Waals surface area (Å²) in [4.78, 5) is 10.5. The number of aliphatic carboxylic acids is 1. The van der Waals surface area contributed by atoms with Crippen LogP contribution in [-0.4, -0.2) is 36.6 Å². The number of hydrogen-bond donors (Lipinski definition) is 1. The van der Waals surface area contributed by atoms with Gasteiger partial charge in [-0.15, -0.1) is 0 Å². The summed E-state index contributed by atoms with van der Waals surface area (Å²) >= 11 is 0. The lowest BCUT2D eigenvalue weighted by Gasteiger charge is -2.19. The third kappa shape index (κ3) is 4.85. The Balaban J connectivity index is 2.53. The summed E-state index contributed by atoms with van der Waals surface area (Å²) in [5.74, 6) is -0.411. The highest BCUT2D eigenvalue weighted by Crippen LogP contribution is 2.17. The predicted molar refractivity (Wildman–Crippen MR) is 76.8 cm³/mol. The van der Waals surface area contributed by atoms with Gasteiger partial charge in [-0.2, -0.15) is 0 Å². The van der Waals surface area contributed by atoms with Crippen LogP contribution in [-0.2, 0) is 21.1 Å². The van der Waals surface area contributed by atoms with Crippen molar-refractivity contribution in [3.8, 4) is 5.75 Å². The maximum absolute atomic E-state index is 11.9. The van der Waals surface area contributed by atoms with E-state index in [0.29, 0.717) is 11.3 Å². The standard InChI is InChI=1S/C14H20O5S/c1-14(2,3)20(17,18)9-8-19-12-6-4-11(5-7-12)10-13(15)16/h4-7H,8-10H2,1-3H3,(H,15,16). The highest BCUT2D eigenvalue weighted by Gasteiger charge is 2.28. The summed E-state index contributed by atoms with van der Waals surface area (Å²) in [6, 6.07) is 6.59. The summed E-state index contributed by atoms with van der Waals surface area (Å²) in [5, 5.41) is 8.65. The first-order valence-electron chi connectivity index (χ1n) is 6.28. The molecule has 0 saturated heterocycles. The van der Waals surface area contributed by atoms with Crippen molar-refractivity contribution in [2.45, 2.75) is 31.9 Å². The molecule has 1 rings (SSSR count). The lowest BCUT2D eigenvalue weighted by molar-refractivity contribution is -0.136. The molecule has 0 radical (unpaired) electrons. The van der Waals surface area contributed by atoms with Gasteiger partial charge in [0, 0.05) is 0 Å². The highest BCUT2D eigenvalue weighted by atomic mass is 32.2. The second-order valence-corrected chi connectivity index (χ2v) is 8.36. The molecule has 0 unspecified atom stereocenters. The summed E-state index contributed by atoms with van der Waals surface area (Å²) in [6.45, 7) is 5.05. The molecule has 0 spiro atoms. The minimum absolute atomic E-state index is 0.0430. The third-order valence-corrected chi connectivity index (χ3v) is 5.40. The molecule has 0 amide bonds. The zero-order valence-electron chi connectivity index (χ0n) is 11.9. The molecule has 0 heterocycles. The number of carboxylic acid groups (broad SMARTS) is 1. The lowest BCUT2D eigenvalue weighted by Crippen LogP contribution is -2.32. The lowest BCUT2D eigenvalue weighted by atomic mass is 10.1. The molecule has 0 atom stereocenters. The first kappa shape index (κ1) is 16.5. The van der Waals surface area contributed by atoms with Crippen molar-refractivity contribution in [1.82, 2.24) is 0 Å². The second-order valence-electron chi connectivity index (χ2n) is 5.49. The number of ether oxygens (including phenoxy) is 1. The van der Waals surface area contributed by atoms with Gasteiger partial charge in [0.2, 0.25) is 0 Å². The molecule has 5 nitrogen and oxygen atoms in total. The summed E-state index contributed by atoms with van der Waals surface area (Å²) < 4.78 is 28.3. The van der Waals surface area contributed by atoms with Gasteiger partial charge in [-0.25, -0.2) is 8.42 Å². The van der Waals surface area contributed by atoms with Crippen molar-refractivity contribution in [3.05, 3.63) is 29.8 Å². The Hall–Kier alpha value is -1.56. The van der Waals surface area contributed by atoms with E-state index in [2.05, 4.69) is 0 Å². The van der Waals surface area contributed by atoms with E-state index in [-0.39, 0.29) is 18.8 Å². The Morgan fingerprint density at radius 1 is 1.20 bits per heavy atom. The van der Waals surface area contributed by atoms with Crippen LogP contribution >= 0.6 is 0 Å². The molecule has 0 bridgehead atoms. The average molecular weight is 300 g/mol. The van der Waals surface area contributed by atoms with Gasteiger partial charge in [0.25, 0.3) is 0 Å². The van der Waals surface area contributed by atoms with Gasteiger partial charge in [-0.05, 0) is 38.5 Å². The summed E-state index contributed by atoms with van der Waals surface area (Å²) in [6.07, 6.45) is -0.0430. The number of hydrogen-bond acceptors (Lipinski definition) is 4. The second kappa shape index (κ2) is 6.26. The van der Waals surface area contributed by atoms with Crippen LogP contribution in [0.3, 0.4) is 0 Å². The van der Waals surface area contributed by atoms with Crippen LogP contribution in [0.5, 0.6) is 5.75 Å². The quantitative estimate of drug-likeness (QED) is 0.868. The van der Waals surface area contributed by atoms with E-state index >= 15 is 0 Å². The first-order chi connectivity index (χ1) is 9.12. The summed E-state index contributed by atoms with van der Waals surface area (Å²) in [7, 11) is -3.19. The van der Waals surface area contributed by atoms with Crippen molar-refractivity contribution in [2.75, 3.05) is 12.4 Å². The Morgan fingerprint density at radius 3 is 2.20 bits per heavy atom. The van der Waals surface area contributed by atoms with Gasteiger partial charge in [0.1, 0.15) is 12.4 Å². The average Bonchev–Trinajstić information content (AvgIpc) is 2.29. The monoisotopic (exact) mass is 300 g/mol. The minimum Gasteiger partial charge on any atom is -0.493 e. The molecule has 0 saturated carbocycles. The topological polar surface area (TPSA) is 80.7 Å². The SMILES string of the molecule is CC(C)(C)S(=O)(=O)CCOc1ccc(CC(=O)O)cc1. The summed E-state index contributed by atoms with van der Waals surface area (Å²) in [5.41, 5.74) is 0.673. The van der Waals surface area contributed by atoms with E-state index in [1.807, 2.05) is 0 Å². The van der Waals surface area contributed by atoms with Crippen molar-refractivity contribution < 1.29 is 23.1 Å². The predicted octanol–water partition coefficient (Wildman–Crippen LogP) is 1.91. The van der Waals surface area contributed by atoms with Crippen molar-refractivity contribution >= 4 is 15.8 Å². The van der Waals surface area contributed by atoms with Crippen molar-refractivity contribution in [1.29, 1.82) is 0 Å². The molecule has 0 fully saturated rings. The van der Waals surface area contributed by atoms with E-state index in [4.69, 9.17) is 9.84 Å². The maximum atomic E-state index is 11.9. The molecule has 6 heteroatoms. The molecule has 0 aromatic heterocycles. The molecule has 0 aliphatic rings. The van der Waals surface area contributed by atoms with Crippen LogP contribution in [0.4, 0.5) is 0 Å². The van der Waals surface area contributed by atoms with E-state index in [0.717, 1.165) is 0 Å². The van der Waals surface area contributed by atoms with E-state index < -0.39 is 20.6 Å². The fourth-order valence-electron chi connectivity index (χ4n) is 1.45. The van der Waals surface area contributed by atoms with Gasteiger partial charge >= 0.3 is 5.97 Å². The molecule has 1 N–H and O–H groups in total. The largest absolute Gasteiger partial charge is 0.493 e. The Labute approximate surface area is 119 Å². The molecule has 0 aliphatic carbocycles. The zero-order valence-corrected chi connectivity index (χ0v) is 12.7. The van der Waals surface area contributed by atoms with Crippen LogP contribution in [0.1, 0.15) is 26.3 Å². The fraction of sp³-hybridized carbons (Fsp3) is 0.500. The molecule has 0 aliphatic heterocycles. The number of carboxylic acids is 1. The smallest absolute Gasteiger partial charge is 0.307 e. The molecule has 1 aromatic rings. The van der Waals surface area contributed by atoms with Gasteiger partial charge in [0.15, 0.2) is 9.84 Å². The van der Waals surface area contributed by atoms with Crippen LogP contribution < -0.4 is 4.74 Å². The van der Waals surface area contributed by atoms with Gasteiger partial charge in [-0.1, -0.05) is 12.1 Å². The van der Waals surface area contributed by atoms with E-state index in [1.54, 1.807) is 45.0 Å². The first-order valence-corrected chi connectivity index (χ1v) is 7.93. The maximum Gasteiger partial charge on any atom is 0.307 e. The van der Waals surface area contributed by atoms with Crippen LogP contribution in [0.15, 0.2) is 24.3 Å². The number of sulfone groups is 1. The zero-order chi connectivity index (χ0) is 15.4. The number of rotatable bonds is 6. The van der Waals surface area contributed by atoms with Crippen LogP contribution in [0.2, 0.25) is 0 Å². The molecule has 1 aromatic carbocycles. The Kier molecular flexibility index (Phi) is 5.16.